The average molecular weight is 548 g/mol. The number of aromatic nitrogens is 6. The lowest BCUT2D eigenvalue weighted by Gasteiger charge is -2.28. The Bertz CT molecular complexity index is 1700. The lowest BCUT2D eigenvalue weighted by Crippen LogP contribution is -2.31. The molecule has 0 radical (unpaired) electrons. The first-order valence-corrected chi connectivity index (χ1v) is 12.9. The van der Waals surface area contributed by atoms with Gasteiger partial charge >= 0.3 is 0 Å². The molecule has 11 nitrogen and oxygen atoms in total. The molecule has 0 bridgehead atoms. The summed E-state index contributed by atoms with van der Waals surface area (Å²) in [7, 11) is 2.11. The lowest BCUT2D eigenvalue weighted by atomic mass is 10.1. The van der Waals surface area contributed by atoms with E-state index >= 15 is 0 Å². The summed E-state index contributed by atoms with van der Waals surface area (Å²) in [4.78, 5) is 39.6. The van der Waals surface area contributed by atoms with Gasteiger partial charge in [-0.25, -0.2) is 18.7 Å². The maximum absolute atomic E-state index is 13.1. The van der Waals surface area contributed by atoms with E-state index in [0.717, 1.165) is 37.1 Å². The van der Waals surface area contributed by atoms with Crippen molar-refractivity contribution in [3.8, 4) is 11.1 Å². The Kier molecular flexibility index (Phi) is 6.72. The van der Waals surface area contributed by atoms with Crippen molar-refractivity contribution in [1.29, 1.82) is 0 Å². The number of aromatic amines is 1. The monoisotopic (exact) mass is 547 g/mol. The van der Waals surface area contributed by atoms with Crippen LogP contribution in [0.1, 0.15) is 39.7 Å². The Morgan fingerprint density at radius 2 is 1.93 bits per heavy atom. The number of halogens is 2. The molecule has 13 heteroatoms. The summed E-state index contributed by atoms with van der Waals surface area (Å²) in [5, 5.41) is 10.3. The van der Waals surface area contributed by atoms with Crippen molar-refractivity contribution in [1.82, 2.24) is 39.3 Å². The van der Waals surface area contributed by atoms with Crippen molar-refractivity contribution in [2.24, 2.45) is 0 Å². The van der Waals surface area contributed by atoms with Crippen molar-refractivity contribution < 1.29 is 18.4 Å². The number of alkyl halides is 2. The average Bonchev–Trinajstić information content (AvgIpc) is 3.70. The lowest BCUT2D eigenvalue weighted by molar-refractivity contribution is 0.0886. The van der Waals surface area contributed by atoms with Gasteiger partial charge in [-0.2, -0.15) is 5.10 Å². The summed E-state index contributed by atoms with van der Waals surface area (Å²) in [6, 6.07) is 5.62. The second kappa shape index (κ2) is 10.5. The minimum atomic E-state index is -2.65. The van der Waals surface area contributed by atoms with E-state index in [9.17, 15) is 18.4 Å². The zero-order valence-electron chi connectivity index (χ0n) is 21.6. The number of hydrogen-bond donors (Lipinski definition) is 3. The molecule has 5 aromatic heterocycles. The second-order valence-electron chi connectivity index (χ2n) is 9.91. The van der Waals surface area contributed by atoms with Gasteiger partial charge in [-0.1, -0.05) is 0 Å². The molecule has 1 saturated heterocycles. The van der Waals surface area contributed by atoms with Gasteiger partial charge in [0.1, 0.15) is 17.0 Å². The van der Waals surface area contributed by atoms with Gasteiger partial charge in [0.2, 0.25) is 0 Å². The minimum absolute atomic E-state index is 0.135. The van der Waals surface area contributed by atoms with Crippen LogP contribution in [0.3, 0.4) is 0 Å². The van der Waals surface area contributed by atoms with Crippen molar-refractivity contribution in [2.75, 3.05) is 32.0 Å². The molecule has 2 amide bonds. The summed E-state index contributed by atoms with van der Waals surface area (Å²) in [5.41, 5.74) is 3.67. The number of imidazole rings is 1. The van der Waals surface area contributed by atoms with E-state index in [1.165, 1.54) is 12.4 Å². The number of H-pyrrole nitrogens is 1. The first-order valence-electron chi connectivity index (χ1n) is 12.9. The quantitative estimate of drug-likeness (QED) is 0.286. The molecule has 0 unspecified atom stereocenters. The molecule has 0 aliphatic carbocycles. The van der Waals surface area contributed by atoms with Crippen LogP contribution in [-0.2, 0) is 0 Å². The predicted molar refractivity (Wildman–Crippen MR) is 145 cm³/mol. The van der Waals surface area contributed by atoms with E-state index in [1.807, 2.05) is 16.9 Å². The van der Waals surface area contributed by atoms with Gasteiger partial charge in [0.05, 0.1) is 36.2 Å². The molecular formula is C27H27F2N9O2. The molecule has 0 saturated carbocycles. The van der Waals surface area contributed by atoms with Crippen LogP contribution < -0.4 is 10.6 Å². The van der Waals surface area contributed by atoms with Crippen LogP contribution in [-0.4, -0.2) is 79.0 Å². The number of hydrogen-bond acceptors (Lipinski definition) is 6. The van der Waals surface area contributed by atoms with Gasteiger partial charge in [0, 0.05) is 41.3 Å². The Labute approximate surface area is 227 Å². The molecule has 206 valence electrons. The number of carbonyl (C=O) groups is 2. The number of amides is 2. The second-order valence-corrected chi connectivity index (χ2v) is 9.91. The molecule has 40 heavy (non-hydrogen) atoms. The first-order chi connectivity index (χ1) is 19.4. The number of piperidine rings is 1. The van der Waals surface area contributed by atoms with Gasteiger partial charge in [-0.05, 0) is 51.2 Å². The number of fused-ring (bicyclic) bond motifs is 2. The molecule has 5 aromatic rings. The SMILES string of the molecule is CN1CCC(n2cc(NC(=O)c3cnc4[nH]cc(-c5ccc6ncc(C(=O)NCC(F)F)n6c5)c4c3)cn2)CC1. The fourth-order valence-electron chi connectivity index (χ4n) is 5.00. The predicted octanol–water partition coefficient (Wildman–Crippen LogP) is 3.59. The van der Waals surface area contributed by atoms with Gasteiger partial charge in [-0.3, -0.25) is 18.7 Å². The van der Waals surface area contributed by atoms with Gasteiger partial charge in [0.25, 0.3) is 18.2 Å². The Hall–Kier alpha value is -4.65. The van der Waals surface area contributed by atoms with Crippen LogP contribution in [0, 0.1) is 0 Å². The van der Waals surface area contributed by atoms with Crippen molar-refractivity contribution >= 4 is 34.2 Å². The summed E-state index contributed by atoms with van der Waals surface area (Å²) < 4.78 is 28.6. The fourth-order valence-corrected chi connectivity index (χ4v) is 5.00. The van der Waals surface area contributed by atoms with Gasteiger partial charge in [0.15, 0.2) is 0 Å². The summed E-state index contributed by atoms with van der Waals surface area (Å²) in [6.45, 7) is 1.28. The molecule has 0 spiro atoms. The highest BCUT2D eigenvalue weighted by Gasteiger charge is 2.20. The van der Waals surface area contributed by atoms with Crippen LogP contribution >= 0.6 is 0 Å². The van der Waals surface area contributed by atoms with E-state index in [-0.39, 0.29) is 11.6 Å². The molecule has 6 heterocycles. The largest absolute Gasteiger partial charge is 0.346 e. The van der Waals surface area contributed by atoms with Crippen LogP contribution in [0.2, 0.25) is 0 Å². The smallest absolute Gasteiger partial charge is 0.270 e. The van der Waals surface area contributed by atoms with Crippen molar-refractivity contribution in [2.45, 2.75) is 25.3 Å². The Morgan fingerprint density at radius 3 is 2.73 bits per heavy atom. The van der Waals surface area contributed by atoms with E-state index in [4.69, 9.17) is 0 Å². The summed E-state index contributed by atoms with van der Waals surface area (Å²) in [5.74, 6) is -0.962. The highest BCUT2D eigenvalue weighted by atomic mass is 19.3. The van der Waals surface area contributed by atoms with E-state index in [1.54, 1.807) is 35.1 Å². The van der Waals surface area contributed by atoms with Crippen LogP contribution in [0.15, 0.2) is 55.4 Å². The minimum Gasteiger partial charge on any atom is -0.346 e. The number of nitrogens with zero attached hydrogens (tertiary/aromatic N) is 6. The maximum Gasteiger partial charge on any atom is 0.270 e. The molecular weight excluding hydrogens is 520 g/mol. The Morgan fingerprint density at radius 1 is 1.10 bits per heavy atom. The number of carbonyl (C=O) groups excluding carboxylic acids is 2. The number of anilines is 1. The zero-order chi connectivity index (χ0) is 27.8. The first kappa shape index (κ1) is 25.6. The zero-order valence-corrected chi connectivity index (χ0v) is 21.6. The van der Waals surface area contributed by atoms with Crippen molar-refractivity contribution in [3.63, 3.8) is 0 Å². The van der Waals surface area contributed by atoms with Crippen LogP contribution in [0.5, 0.6) is 0 Å². The molecule has 3 N–H and O–H groups in total. The third-order valence-electron chi connectivity index (χ3n) is 7.18. The molecule has 1 fully saturated rings. The van der Waals surface area contributed by atoms with E-state index in [0.29, 0.717) is 34.0 Å². The van der Waals surface area contributed by atoms with E-state index in [2.05, 4.69) is 42.6 Å². The summed E-state index contributed by atoms with van der Waals surface area (Å²) in [6.07, 6.45) is 9.18. The third kappa shape index (κ3) is 5.02. The maximum atomic E-state index is 13.1. The summed E-state index contributed by atoms with van der Waals surface area (Å²) >= 11 is 0. The molecule has 0 aromatic carbocycles. The highest BCUT2D eigenvalue weighted by molar-refractivity contribution is 6.07. The number of rotatable bonds is 7. The molecule has 6 rings (SSSR count). The molecule has 0 atom stereocenters. The highest BCUT2D eigenvalue weighted by Crippen LogP contribution is 2.29. The normalized spacial score (nSPS) is 14.8. The Balaban J connectivity index is 1.24. The standard InChI is InChI=1S/C27H27F2N9O2/c1-36-6-4-19(5-7-36)38-15-18(10-34-38)35-26(39)17-8-20-21(11-32-25(20)31-9-17)16-2-3-24-30-12-22(37(24)14-16)27(40)33-13-23(28)29/h2-3,8-12,14-15,19,23H,4-7,13H2,1H3,(H,31,32)(H,33,40)(H,35,39). The number of pyridine rings is 2. The number of nitrogens with one attached hydrogen (secondary N) is 3. The molecule has 1 aliphatic rings. The topological polar surface area (TPSA) is 125 Å². The van der Waals surface area contributed by atoms with E-state index < -0.39 is 18.9 Å². The van der Waals surface area contributed by atoms with Gasteiger partial charge in [-0.15, -0.1) is 0 Å². The van der Waals surface area contributed by atoms with Crippen LogP contribution in [0.25, 0.3) is 27.8 Å². The van der Waals surface area contributed by atoms with Crippen molar-refractivity contribution in [3.05, 3.63) is 66.6 Å². The van der Waals surface area contributed by atoms with Crippen LogP contribution in [0.4, 0.5) is 14.5 Å². The third-order valence-corrected chi connectivity index (χ3v) is 7.18. The molecule has 1 aliphatic heterocycles. The van der Waals surface area contributed by atoms with Gasteiger partial charge < -0.3 is 20.5 Å². The number of likely N-dealkylation sites (tertiary alicyclic amines) is 1. The fraction of sp³-hybridized carbons (Fsp3) is 0.296.